The summed E-state index contributed by atoms with van der Waals surface area (Å²) in [6.07, 6.45) is -2.88. The first-order chi connectivity index (χ1) is 6.57. The lowest BCUT2D eigenvalue weighted by molar-refractivity contribution is 0.0291. The molecule has 0 heterocycles. The van der Waals surface area contributed by atoms with Crippen molar-refractivity contribution in [2.75, 3.05) is 5.75 Å². The zero-order valence-corrected chi connectivity index (χ0v) is 8.09. The van der Waals surface area contributed by atoms with Gasteiger partial charge in [-0.15, -0.1) is 0 Å². The van der Waals surface area contributed by atoms with Crippen LogP contribution in [-0.4, -0.2) is 22.1 Å². The molecule has 2 unspecified atom stereocenters. The lowest BCUT2D eigenvalue weighted by Gasteiger charge is -2.17. The van der Waals surface area contributed by atoms with E-state index in [4.69, 9.17) is 5.11 Å². The number of halogens is 2. The van der Waals surface area contributed by atoms with E-state index in [-0.39, 0.29) is 5.75 Å². The zero-order chi connectivity index (χ0) is 10.7. The van der Waals surface area contributed by atoms with Gasteiger partial charge in [0, 0.05) is 5.75 Å². The second kappa shape index (κ2) is 4.72. The maximum atomic E-state index is 13.1. The van der Waals surface area contributed by atoms with Gasteiger partial charge in [-0.3, -0.25) is 0 Å². The van der Waals surface area contributed by atoms with Crippen LogP contribution < -0.4 is 0 Å². The highest BCUT2D eigenvalue weighted by atomic mass is 32.1. The molecule has 78 valence electrons. The van der Waals surface area contributed by atoms with Crippen LogP contribution in [0.2, 0.25) is 0 Å². The topological polar surface area (TPSA) is 40.5 Å². The maximum Gasteiger partial charge on any atom is 0.132 e. The van der Waals surface area contributed by atoms with Gasteiger partial charge in [-0.05, 0) is 12.1 Å². The van der Waals surface area contributed by atoms with Crippen molar-refractivity contribution >= 4 is 12.6 Å². The first kappa shape index (κ1) is 11.4. The molecule has 0 spiro atoms. The second-order valence-corrected chi connectivity index (χ2v) is 3.20. The van der Waals surface area contributed by atoms with E-state index in [1.165, 1.54) is 6.07 Å². The second-order valence-electron chi connectivity index (χ2n) is 2.83. The van der Waals surface area contributed by atoms with Crippen LogP contribution in [0.1, 0.15) is 11.7 Å². The van der Waals surface area contributed by atoms with E-state index in [2.05, 4.69) is 12.6 Å². The largest absolute Gasteiger partial charge is 0.389 e. The predicted molar refractivity (Wildman–Crippen MR) is 51.2 cm³/mol. The van der Waals surface area contributed by atoms with Crippen molar-refractivity contribution in [2.24, 2.45) is 0 Å². The summed E-state index contributed by atoms with van der Waals surface area (Å²) in [5.74, 6) is -1.83. The van der Waals surface area contributed by atoms with E-state index >= 15 is 0 Å². The molecule has 2 N–H and O–H groups in total. The average molecular weight is 220 g/mol. The SMILES string of the molecule is OC(CS)C(O)c1c(F)cccc1F. The van der Waals surface area contributed by atoms with E-state index in [0.717, 1.165) is 12.1 Å². The predicted octanol–water partition coefficient (Wildman–Crippen LogP) is 1.29. The quantitative estimate of drug-likeness (QED) is 0.672. The first-order valence-electron chi connectivity index (χ1n) is 3.98. The Kier molecular flexibility index (Phi) is 3.86. The minimum Gasteiger partial charge on any atom is -0.389 e. The van der Waals surface area contributed by atoms with Gasteiger partial charge in [0.2, 0.25) is 0 Å². The third kappa shape index (κ3) is 2.23. The minimum absolute atomic E-state index is 0.0745. The number of thiol groups is 1. The number of benzene rings is 1. The third-order valence-electron chi connectivity index (χ3n) is 1.85. The Morgan fingerprint density at radius 2 is 1.71 bits per heavy atom. The van der Waals surface area contributed by atoms with Crippen LogP contribution >= 0.6 is 12.6 Å². The van der Waals surface area contributed by atoms with Gasteiger partial charge < -0.3 is 10.2 Å². The smallest absolute Gasteiger partial charge is 0.132 e. The van der Waals surface area contributed by atoms with Crippen molar-refractivity contribution in [1.29, 1.82) is 0 Å². The summed E-state index contributed by atoms with van der Waals surface area (Å²) in [7, 11) is 0. The Hall–Kier alpha value is -0.650. The van der Waals surface area contributed by atoms with E-state index < -0.39 is 29.4 Å². The Balaban J connectivity index is 3.05. The van der Waals surface area contributed by atoms with E-state index in [0.29, 0.717) is 0 Å². The molecule has 2 atom stereocenters. The van der Waals surface area contributed by atoms with Crippen molar-refractivity contribution in [2.45, 2.75) is 12.2 Å². The zero-order valence-electron chi connectivity index (χ0n) is 7.19. The van der Waals surface area contributed by atoms with Crippen LogP contribution in [0.25, 0.3) is 0 Å². The molecule has 0 bridgehead atoms. The fourth-order valence-electron chi connectivity index (χ4n) is 1.09. The molecular formula is C9H10F2O2S. The van der Waals surface area contributed by atoms with Crippen LogP contribution in [0.4, 0.5) is 8.78 Å². The van der Waals surface area contributed by atoms with E-state index in [1.807, 2.05) is 0 Å². The highest BCUT2D eigenvalue weighted by Gasteiger charge is 2.23. The maximum absolute atomic E-state index is 13.1. The molecular weight excluding hydrogens is 210 g/mol. The van der Waals surface area contributed by atoms with Crippen LogP contribution in [0.15, 0.2) is 18.2 Å². The van der Waals surface area contributed by atoms with Crippen LogP contribution in [0.3, 0.4) is 0 Å². The molecule has 0 aliphatic carbocycles. The molecule has 0 saturated heterocycles. The van der Waals surface area contributed by atoms with E-state index in [1.54, 1.807) is 0 Å². The lowest BCUT2D eigenvalue weighted by atomic mass is 10.0. The average Bonchev–Trinajstić information content (AvgIpc) is 2.16. The summed E-state index contributed by atoms with van der Waals surface area (Å²) in [6, 6.07) is 3.23. The Morgan fingerprint density at radius 1 is 1.21 bits per heavy atom. The number of aliphatic hydroxyl groups excluding tert-OH is 2. The van der Waals surface area contributed by atoms with Crippen molar-refractivity contribution in [1.82, 2.24) is 0 Å². The summed E-state index contributed by atoms with van der Waals surface area (Å²) in [5, 5.41) is 18.5. The molecule has 0 radical (unpaired) electrons. The van der Waals surface area contributed by atoms with Crippen molar-refractivity contribution < 1.29 is 19.0 Å². The normalized spacial score (nSPS) is 15.2. The Bertz CT molecular complexity index is 299. The number of rotatable bonds is 3. The van der Waals surface area contributed by atoms with Gasteiger partial charge in [0.05, 0.1) is 11.7 Å². The molecule has 0 saturated carbocycles. The van der Waals surface area contributed by atoms with Crippen molar-refractivity contribution in [3.63, 3.8) is 0 Å². The number of hydrogen-bond donors (Lipinski definition) is 3. The van der Waals surface area contributed by atoms with Gasteiger partial charge in [-0.2, -0.15) is 12.6 Å². The highest BCUT2D eigenvalue weighted by Crippen LogP contribution is 2.23. The molecule has 14 heavy (non-hydrogen) atoms. The molecule has 1 aromatic rings. The van der Waals surface area contributed by atoms with Crippen molar-refractivity contribution in [3.8, 4) is 0 Å². The number of hydrogen-bond acceptors (Lipinski definition) is 3. The monoisotopic (exact) mass is 220 g/mol. The van der Waals surface area contributed by atoms with Gasteiger partial charge in [0.15, 0.2) is 0 Å². The molecule has 1 rings (SSSR count). The summed E-state index contributed by atoms with van der Waals surface area (Å²) in [5.41, 5.74) is -0.519. The molecule has 0 aromatic heterocycles. The number of aliphatic hydroxyl groups is 2. The first-order valence-corrected chi connectivity index (χ1v) is 4.62. The Morgan fingerprint density at radius 3 is 2.14 bits per heavy atom. The van der Waals surface area contributed by atoms with Crippen LogP contribution in [-0.2, 0) is 0 Å². The van der Waals surface area contributed by atoms with Gasteiger partial charge >= 0.3 is 0 Å². The molecule has 5 heteroatoms. The van der Waals surface area contributed by atoms with Crippen LogP contribution in [0, 0.1) is 11.6 Å². The van der Waals surface area contributed by atoms with Gasteiger partial charge in [0.25, 0.3) is 0 Å². The summed E-state index contributed by atoms with van der Waals surface area (Å²) < 4.78 is 26.1. The molecule has 0 fully saturated rings. The molecule has 1 aromatic carbocycles. The fourth-order valence-corrected chi connectivity index (χ4v) is 1.29. The molecule has 0 aliphatic heterocycles. The molecule has 0 amide bonds. The summed E-state index contributed by atoms with van der Waals surface area (Å²) in [6.45, 7) is 0. The van der Waals surface area contributed by atoms with E-state index in [9.17, 15) is 13.9 Å². The van der Waals surface area contributed by atoms with Gasteiger partial charge in [-0.1, -0.05) is 6.07 Å². The third-order valence-corrected chi connectivity index (χ3v) is 2.22. The summed E-state index contributed by atoms with van der Waals surface area (Å²) >= 11 is 3.72. The van der Waals surface area contributed by atoms with Crippen LogP contribution in [0.5, 0.6) is 0 Å². The van der Waals surface area contributed by atoms with Crippen molar-refractivity contribution in [3.05, 3.63) is 35.4 Å². The summed E-state index contributed by atoms with van der Waals surface area (Å²) in [4.78, 5) is 0. The highest BCUT2D eigenvalue weighted by molar-refractivity contribution is 7.80. The minimum atomic E-state index is -1.59. The molecule has 2 nitrogen and oxygen atoms in total. The lowest BCUT2D eigenvalue weighted by Crippen LogP contribution is -2.21. The van der Waals surface area contributed by atoms with Gasteiger partial charge in [-0.25, -0.2) is 8.78 Å². The molecule has 0 aliphatic rings. The fraction of sp³-hybridized carbons (Fsp3) is 0.333. The standard InChI is InChI=1S/C9H10F2O2S/c10-5-2-1-3-6(11)8(5)9(13)7(12)4-14/h1-3,7,9,12-14H,4H2. The Labute approximate surface area is 85.6 Å². The van der Waals surface area contributed by atoms with Gasteiger partial charge in [0.1, 0.15) is 17.7 Å².